The van der Waals surface area contributed by atoms with Crippen molar-refractivity contribution >= 4 is 21.8 Å². The van der Waals surface area contributed by atoms with Gasteiger partial charge in [-0.1, -0.05) is 6.92 Å². The fourth-order valence-electron chi connectivity index (χ4n) is 2.17. The Morgan fingerprint density at radius 3 is 2.68 bits per heavy atom. The van der Waals surface area contributed by atoms with E-state index in [-0.39, 0.29) is 12.0 Å². The van der Waals surface area contributed by atoms with E-state index in [9.17, 15) is 9.90 Å². The molecule has 1 aliphatic rings. The van der Waals surface area contributed by atoms with Gasteiger partial charge in [-0.3, -0.25) is 9.69 Å². The molecule has 1 aromatic heterocycles. The number of aliphatic hydroxyl groups excluding tert-OH is 1. The predicted molar refractivity (Wildman–Crippen MR) is 75.0 cm³/mol. The highest BCUT2D eigenvalue weighted by Crippen LogP contribution is 2.16. The molecular weight excluding hydrogens is 312 g/mol. The second-order valence-electron chi connectivity index (χ2n) is 4.79. The average molecular weight is 331 g/mol. The van der Waals surface area contributed by atoms with Crippen molar-refractivity contribution in [1.29, 1.82) is 0 Å². The number of hydrogen-bond donors (Lipinski definition) is 1. The van der Waals surface area contributed by atoms with Crippen molar-refractivity contribution < 1.29 is 14.3 Å². The number of nitrogens with zero attached hydrogens (tertiary/aromatic N) is 2. The van der Waals surface area contributed by atoms with Gasteiger partial charge in [-0.05, 0) is 22.4 Å². The molecule has 5 nitrogen and oxygen atoms in total. The van der Waals surface area contributed by atoms with Crippen LogP contribution in [-0.2, 0) is 0 Å². The van der Waals surface area contributed by atoms with E-state index in [1.807, 2.05) is 11.8 Å². The number of piperazine rings is 1. The van der Waals surface area contributed by atoms with E-state index in [0.29, 0.717) is 29.9 Å². The van der Waals surface area contributed by atoms with Crippen molar-refractivity contribution in [2.45, 2.75) is 19.4 Å². The highest BCUT2D eigenvalue weighted by molar-refractivity contribution is 9.10. The molecule has 2 heterocycles. The Morgan fingerprint density at radius 2 is 2.16 bits per heavy atom. The van der Waals surface area contributed by atoms with Crippen LogP contribution in [0.5, 0.6) is 0 Å². The first-order chi connectivity index (χ1) is 9.10. The first kappa shape index (κ1) is 14.6. The molecule has 1 amide bonds. The lowest BCUT2D eigenvalue weighted by Gasteiger charge is -2.35. The number of amides is 1. The van der Waals surface area contributed by atoms with Crippen LogP contribution in [0, 0.1) is 0 Å². The number of carbonyl (C=O) groups is 1. The van der Waals surface area contributed by atoms with Crippen molar-refractivity contribution in [2.24, 2.45) is 0 Å². The number of aliphatic hydroxyl groups is 1. The number of furan rings is 1. The average Bonchev–Trinajstić information content (AvgIpc) is 2.85. The first-order valence-corrected chi connectivity index (χ1v) is 7.33. The maximum atomic E-state index is 12.2. The minimum Gasteiger partial charge on any atom is -0.457 e. The van der Waals surface area contributed by atoms with Gasteiger partial charge in [-0.2, -0.15) is 0 Å². The summed E-state index contributed by atoms with van der Waals surface area (Å²) >= 11 is 3.20. The Balaban J connectivity index is 1.84. The predicted octanol–water partition coefficient (Wildman–Crippen LogP) is 1.57. The van der Waals surface area contributed by atoms with E-state index in [4.69, 9.17) is 4.42 Å². The van der Waals surface area contributed by atoms with Crippen LogP contribution in [0.1, 0.15) is 23.7 Å². The van der Waals surface area contributed by atoms with Gasteiger partial charge in [0.2, 0.25) is 0 Å². The highest BCUT2D eigenvalue weighted by atomic mass is 79.9. The lowest BCUT2D eigenvalue weighted by atomic mass is 10.2. The summed E-state index contributed by atoms with van der Waals surface area (Å²) in [6, 6.07) is 1.69. The normalized spacial score (nSPS) is 18.6. The summed E-state index contributed by atoms with van der Waals surface area (Å²) in [5.41, 5.74) is 0.578. The third-order valence-corrected chi connectivity index (χ3v) is 3.83. The Hall–Kier alpha value is -0.850. The van der Waals surface area contributed by atoms with Crippen LogP contribution in [0.3, 0.4) is 0 Å². The minimum absolute atomic E-state index is 0.00476. The minimum atomic E-state index is -0.271. The van der Waals surface area contributed by atoms with Gasteiger partial charge < -0.3 is 14.4 Å². The van der Waals surface area contributed by atoms with Crippen molar-refractivity contribution in [3.05, 3.63) is 22.6 Å². The summed E-state index contributed by atoms with van der Waals surface area (Å²) in [4.78, 5) is 16.2. The Morgan fingerprint density at radius 1 is 1.47 bits per heavy atom. The summed E-state index contributed by atoms with van der Waals surface area (Å²) < 4.78 is 5.66. The summed E-state index contributed by atoms with van der Waals surface area (Å²) in [7, 11) is 0. The second-order valence-corrected chi connectivity index (χ2v) is 5.58. The lowest BCUT2D eigenvalue weighted by molar-refractivity contribution is 0.0523. The van der Waals surface area contributed by atoms with Gasteiger partial charge in [0.05, 0.1) is 11.7 Å². The molecule has 0 saturated carbocycles. The fourth-order valence-corrected chi connectivity index (χ4v) is 2.51. The van der Waals surface area contributed by atoms with Crippen LogP contribution in [0.25, 0.3) is 0 Å². The molecule has 1 unspecified atom stereocenters. The van der Waals surface area contributed by atoms with E-state index >= 15 is 0 Å². The van der Waals surface area contributed by atoms with Crippen molar-refractivity contribution in [3.63, 3.8) is 0 Å². The zero-order valence-electron chi connectivity index (χ0n) is 11.0. The van der Waals surface area contributed by atoms with Gasteiger partial charge in [-0.25, -0.2) is 0 Å². The molecular formula is C13H19BrN2O3. The SMILES string of the molecule is CCC(O)CN1CCN(C(=O)c2coc(Br)c2)CC1. The van der Waals surface area contributed by atoms with E-state index in [2.05, 4.69) is 20.8 Å². The molecule has 0 spiro atoms. The highest BCUT2D eigenvalue weighted by Gasteiger charge is 2.23. The lowest BCUT2D eigenvalue weighted by Crippen LogP contribution is -2.50. The van der Waals surface area contributed by atoms with E-state index in [0.717, 1.165) is 19.5 Å². The first-order valence-electron chi connectivity index (χ1n) is 6.54. The number of hydrogen-bond acceptors (Lipinski definition) is 4. The van der Waals surface area contributed by atoms with Crippen LogP contribution < -0.4 is 0 Å². The number of halogens is 1. The van der Waals surface area contributed by atoms with Crippen LogP contribution in [0.2, 0.25) is 0 Å². The van der Waals surface area contributed by atoms with Crippen LogP contribution in [0.15, 0.2) is 21.4 Å². The van der Waals surface area contributed by atoms with E-state index in [1.54, 1.807) is 6.07 Å². The number of carbonyl (C=O) groups excluding carboxylic acids is 1. The molecule has 1 saturated heterocycles. The topological polar surface area (TPSA) is 56.9 Å². The third-order valence-electron chi connectivity index (χ3n) is 3.41. The molecule has 1 aromatic rings. The Bertz CT molecular complexity index is 427. The summed E-state index contributed by atoms with van der Waals surface area (Å²) in [5, 5.41) is 9.63. The zero-order valence-corrected chi connectivity index (χ0v) is 12.6. The maximum absolute atomic E-state index is 12.2. The monoisotopic (exact) mass is 330 g/mol. The molecule has 1 aliphatic heterocycles. The van der Waals surface area contributed by atoms with Crippen molar-refractivity contribution in [2.75, 3.05) is 32.7 Å². The van der Waals surface area contributed by atoms with Crippen molar-refractivity contribution in [1.82, 2.24) is 9.80 Å². The van der Waals surface area contributed by atoms with Gasteiger partial charge in [0.1, 0.15) is 6.26 Å². The smallest absolute Gasteiger partial charge is 0.257 e. The summed E-state index contributed by atoms with van der Waals surface area (Å²) in [5.74, 6) is 0.00476. The molecule has 6 heteroatoms. The number of β-amino-alcohol motifs (C(OH)–C–C–N with tert-alkyl or cyclic N) is 1. The second kappa shape index (κ2) is 6.54. The molecule has 0 radical (unpaired) electrons. The maximum Gasteiger partial charge on any atom is 0.257 e. The molecule has 1 atom stereocenters. The van der Waals surface area contributed by atoms with Gasteiger partial charge in [0, 0.05) is 38.8 Å². The van der Waals surface area contributed by atoms with Crippen molar-refractivity contribution in [3.8, 4) is 0 Å². The van der Waals surface area contributed by atoms with E-state index in [1.165, 1.54) is 6.26 Å². The largest absolute Gasteiger partial charge is 0.457 e. The molecule has 0 aliphatic carbocycles. The molecule has 2 rings (SSSR count). The Kier molecular flexibility index (Phi) is 5.01. The Labute approximate surface area is 121 Å². The zero-order chi connectivity index (χ0) is 13.8. The van der Waals surface area contributed by atoms with E-state index < -0.39 is 0 Å². The molecule has 19 heavy (non-hydrogen) atoms. The third kappa shape index (κ3) is 3.81. The standard InChI is InChI=1S/C13H19BrN2O3/c1-2-11(17)8-15-3-5-16(6-4-15)13(18)10-7-12(14)19-9-10/h7,9,11,17H,2-6,8H2,1H3. The molecule has 1 N–H and O–H groups in total. The van der Waals surface area contributed by atoms with Crippen LogP contribution in [-0.4, -0.2) is 59.6 Å². The van der Waals surface area contributed by atoms with Crippen LogP contribution in [0.4, 0.5) is 0 Å². The fraction of sp³-hybridized carbons (Fsp3) is 0.615. The quantitative estimate of drug-likeness (QED) is 0.910. The number of rotatable bonds is 4. The molecule has 0 bridgehead atoms. The van der Waals surface area contributed by atoms with Gasteiger partial charge in [0.25, 0.3) is 5.91 Å². The molecule has 0 aromatic carbocycles. The summed E-state index contributed by atoms with van der Waals surface area (Å²) in [6.45, 7) is 5.66. The molecule has 106 valence electrons. The molecule has 1 fully saturated rings. The summed E-state index contributed by atoms with van der Waals surface area (Å²) in [6.07, 6.45) is 1.97. The van der Waals surface area contributed by atoms with Gasteiger partial charge in [-0.15, -0.1) is 0 Å². The van der Waals surface area contributed by atoms with Gasteiger partial charge >= 0.3 is 0 Å². The van der Waals surface area contributed by atoms with Crippen LogP contribution >= 0.6 is 15.9 Å². The van der Waals surface area contributed by atoms with Gasteiger partial charge in [0.15, 0.2) is 4.67 Å².